The van der Waals surface area contributed by atoms with Gasteiger partial charge in [0.05, 0.1) is 0 Å². The van der Waals surface area contributed by atoms with Crippen molar-refractivity contribution in [2.45, 2.75) is 51.6 Å². The van der Waals surface area contributed by atoms with Gasteiger partial charge in [0.2, 0.25) is 0 Å². The number of rotatable bonds is 0. The quantitative estimate of drug-likeness (QED) is 0.516. The standard InChI is InChI=1S/C10H19N/c1-8-6-9(2)11-5-3-4-10(11)7-8/h8-10H,3-7H2,1-2H3/t8-,9-,10-/m1/s1. The van der Waals surface area contributed by atoms with Crippen molar-refractivity contribution < 1.29 is 0 Å². The van der Waals surface area contributed by atoms with Crippen molar-refractivity contribution in [1.29, 1.82) is 0 Å². The van der Waals surface area contributed by atoms with E-state index in [4.69, 9.17) is 0 Å². The van der Waals surface area contributed by atoms with Crippen LogP contribution in [0.25, 0.3) is 0 Å². The SMILES string of the molecule is C[C@H]1C[C@H]2CCCN2[C@H](C)C1. The van der Waals surface area contributed by atoms with E-state index < -0.39 is 0 Å². The molecule has 2 fully saturated rings. The lowest BCUT2D eigenvalue weighted by Gasteiger charge is -2.38. The van der Waals surface area contributed by atoms with Gasteiger partial charge in [-0.05, 0) is 45.1 Å². The average molecular weight is 153 g/mol. The zero-order valence-corrected chi connectivity index (χ0v) is 7.71. The number of piperidine rings is 1. The lowest BCUT2D eigenvalue weighted by molar-refractivity contribution is 0.103. The number of hydrogen-bond donors (Lipinski definition) is 0. The molecule has 1 heteroatoms. The molecular formula is C10H19N. The molecule has 0 unspecified atom stereocenters. The van der Waals surface area contributed by atoms with Gasteiger partial charge in [0.25, 0.3) is 0 Å². The molecule has 2 rings (SSSR count). The maximum absolute atomic E-state index is 2.72. The third kappa shape index (κ3) is 1.31. The fourth-order valence-corrected chi connectivity index (χ4v) is 2.97. The van der Waals surface area contributed by atoms with Gasteiger partial charge in [-0.25, -0.2) is 0 Å². The summed E-state index contributed by atoms with van der Waals surface area (Å²) in [5, 5.41) is 0. The van der Waals surface area contributed by atoms with E-state index in [-0.39, 0.29) is 0 Å². The summed E-state index contributed by atoms with van der Waals surface area (Å²) in [6, 6.07) is 1.82. The summed E-state index contributed by atoms with van der Waals surface area (Å²) in [7, 11) is 0. The molecule has 11 heavy (non-hydrogen) atoms. The van der Waals surface area contributed by atoms with E-state index in [9.17, 15) is 0 Å². The Labute approximate surface area is 69.8 Å². The Kier molecular flexibility index (Phi) is 1.92. The second-order valence-corrected chi connectivity index (χ2v) is 4.46. The summed E-state index contributed by atoms with van der Waals surface area (Å²) in [6.45, 7) is 6.18. The summed E-state index contributed by atoms with van der Waals surface area (Å²) in [5.74, 6) is 0.976. The Bertz CT molecular complexity index is 144. The molecule has 0 N–H and O–H groups in total. The van der Waals surface area contributed by atoms with E-state index in [2.05, 4.69) is 18.7 Å². The Hall–Kier alpha value is -0.0400. The van der Waals surface area contributed by atoms with Crippen LogP contribution in [0.5, 0.6) is 0 Å². The maximum Gasteiger partial charge on any atom is 0.0101 e. The number of hydrogen-bond acceptors (Lipinski definition) is 1. The Morgan fingerprint density at radius 1 is 1.18 bits per heavy atom. The highest BCUT2D eigenvalue weighted by molar-refractivity contribution is 4.89. The van der Waals surface area contributed by atoms with Crippen molar-refractivity contribution >= 4 is 0 Å². The van der Waals surface area contributed by atoms with Crippen molar-refractivity contribution in [1.82, 2.24) is 4.90 Å². The molecule has 2 aliphatic rings. The molecule has 0 spiro atoms. The summed E-state index contributed by atoms with van der Waals surface area (Å²) >= 11 is 0. The highest BCUT2D eigenvalue weighted by Crippen LogP contribution is 2.33. The van der Waals surface area contributed by atoms with Gasteiger partial charge < -0.3 is 0 Å². The Morgan fingerprint density at radius 2 is 2.00 bits per heavy atom. The predicted molar refractivity (Wildman–Crippen MR) is 47.6 cm³/mol. The number of nitrogens with zero attached hydrogens (tertiary/aromatic N) is 1. The predicted octanol–water partition coefficient (Wildman–Crippen LogP) is 2.27. The summed E-state index contributed by atoms with van der Waals surface area (Å²) in [4.78, 5) is 2.72. The third-order valence-corrected chi connectivity index (χ3v) is 3.41. The van der Waals surface area contributed by atoms with E-state index in [1.807, 2.05) is 0 Å². The third-order valence-electron chi connectivity index (χ3n) is 3.41. The first-order valence-electron chi connectivity index (χ1n) is 5.03. The van der Waals surface area contributed by atoms with Crippen LogP contribution < -0.4 is 0 Å². The molecule has 64 valence electrons. The van der Waals surface area contributed by atoms with Crippen LogP contribution in [0.1, 0.15) is 39.5 Å². The fraction of sp³-hybridized carbons (Fsp3) is 1.00. The van der Waals surface area contributed by atoms with Crippen LogP contribution in [0.4, 0.5) is 0 Å². The Morgan fingerprint density at radius 3 is 2.82 bits per heavy atom. The maximum atomic E-state index is 2.72. The second-order valence-electron chi connectivity index (χ2n) is 4.46. The van der Waals surface area contributed by atoms with Gasteiger partial charge in [-0.2, -0.15) is 0 Å². The molecule has 0 aromatic heterocycles. The van der Waals surface area contributed by atoms with Crippen LogP contribution in [0.3, 0.4) is 0 Å². The minimum atomic E-state index is 0.867. The molecule has 1 nitrogen and oxygen atoms in total. The van der Waals surface area contributed by atoms with Gasteiger partial charge >= 0.3 is 0 Å². The zero-order valence-electron chi connectivity index (χ0n) is 7.71. The van der Waals surface area contributed by atoms with E-state index >= 15 is 0 Å². The van der Waals surface area contributed by atoms with Gasteiger partial charge in [0.1, 0.15) is 0 Å². The van der Waals surface area contributed by atoms with E-state index in [0.717, 1.165) is 18.0 Å². The first-order valence-corrected chi connectivity index (χ1v) is 5.03. The number of fused-ring (bicyclic) bond motifs is 1. The first-order chi connectivity index (χ1) is 5.27. The smallest absolute Gasteiger partial charge is 0.0101 e. The minimum absolute atomic E-state index is 0.867. The van der Waals surface area contributed by atoms with Crippen molar-refractivity contribution in [2.75, 3.05) is 6.54 Å². The molecule has 2 aliphatic heterocycles. The molecule has 2 heterocycles. The lowest BCUT2D eigenvalue weighted by atomic mass is 9.89. The van der Waals surface area contributed by atoms with Crippen molar-refractivity contribution in [3.63, 3.8) is 0 Å². The van der Waals surface area contributed by atoms with E-state index in [1.54, 1.807) is 0 Å². The van der Waals surface area contributed by atoms with Gasteiger partial charge in [-0.3, -0.25) is 4.90 Å². The van der Waals surface area contributed by atoms with E-state index in [0.29, 0.717) is 0 Å². The molecule has 0 aliphatic carbocycles. The van der Waals surface area contributed by atoms with Gasteiger partial charge in [0.15, 0.2) is 0 Å². The normalized spacial score (nSPS) is 45.8. The minimum Gasteiger partial charge on any atom is -0.298 e. The second kappa shape index (κ2) is 2.78. The molecule has 0 saturated carbocycles. The van der Waals surface area contributed by atoms with Crippen molar-refractivity contribution in [3.05, 3.63) is 0 Å². The molecule has 0 aromatic carbocycles. The van der Waals surface area contributed by atoms with Crippen LogP contribution in [-0.4, -0.2) is 23.5 Å². The van der Waals surface area contributed by atoms with E-state index in [1.165, 1.54) is 32.2 Å². The Balaban J connectivity index is 2.04. The van der Waals surface area contributed by atoms with Gasteiger partial charge in [0, 0.05) is 12.1 Å². The summed E-state index contributed by atoms with van der Waals surface area (Å²) < 4.78 is 0. The lowest BCUT2D eigenvalue weighted by Crippen LogP contribution is -2.43. The van der Waals surface area contributed by atoms with Crippen LogP contribution in [0, 0.1) is 5.92 Å². The topological polar surface area (TPSA) is 3.24 Å². The average Bonchev–Trinajstić information content (AvgIpc) is 2.34. The van der Waals surface area contributed by atoms with Crippen molar-refractivity contribution in [3.8, 4) is 0 Å². The highest BCUT2D eigenvalue weighted by Gasteiger charge is 2.34. The van der Waals surface area contributed by atoms with Crippen molar-refractivity contribution in [2.24, 2.45) is 5.92 Å². The fourth-order valence-electron chi connectivity index (χ4n) is 2.97. The molecule has 0 amide bonds. The molecule has 2 saturated heterocycles. The molecular weight excluding hydrogens is 134 g/mol. The van der Waals surface area contributed by atoms with Gasteiger partial charge in [-0.15, -0.1) is 0 Å². The summed E-state index contributed by atoms with van der Waals surface area (Å²) in [5.41, 5.74) is 0. The van der Waals surface area contributed by atoms with Crippen LogP contribution >= 0.6 is 0 Å². The highest BCUT2D eigenvalue weighted by atomic mass is 15.2. The molecule has 0 bridgehead atoms. The van der Waals surface area contributed by atoms with Gasteiger partial charge in [-0.1, -0.05) is 6.92 Å². The van der Waals surface area contributed by atoms with Crippen LogP contribution in [-0.2, 0) is 0 Å². The van der Waals surface area contributed by atoms with Crippen LogP contribution in [0.15, 0.2) is 0 Å². The monoisotopic (exact) mass is 153 g/mol. The van der Waals surface area contributed by atoms with Crippen LogP contribution in [0.2, 0.25) is 0 Å². The largest absolute Gasteiger partial charge is 0.298 e. The first kappa shape index (κ1) is 7.60. The molecule has 0 aromatic rings. The summed E-state index contributed by atoms with van der Waals surface area (Å²) in [6.07, 6.45) is 5.80. The zero-order chi connectivity index (χ0) is 7.84. The molecule has 0 radical (unpaired) electrons. The molecule has 3 atom stereocenters.